The van der Waals surface area contributed by atoms with E-state index in [0.717, 1.165) is 96.3 Å². The molecule has 8 atom stereocenters. The van der Waals surface area contributed by atoms with Crippen molar-refractivity contribution in [2.24, 2.45) is 0 Å². The van der Waals surface area contributed by atoms with Crippen LogP contribution in [0.5, 0.6) is 0 Å². The first kappa shape index (κ1) is 69.6. The number of ether oxygens (including phenoxy) is 3. The number of nitrogens with one attached hydrogen (secondary N) is 1. The van der Waals surface area contributed by atoms with Gasteiger partial charge < -0.3 is 45.1 Å². The van der Waals surface area contributed by atoms with Crippen LogP contribution in [0.15, 0.2) is 146 Å². The van der Waals surface area contributed by atoms with Gasteiger partial charge in [-0.1, -0.05) is 237 Å². The molecule has 1 aliphatic rings. The first-order valence-corrected chi connectivity index (χ1v) is 29.2. The summed E-state index contributed by atoms with van der Waals surface area (Å²) in [5.41, 5.74) is 0. The Bertz CT molecular complexity index is 1790. The molecule has 11 nitrogen and oxygen atoms in total. The molecule has 0 spiro atoms. The Morgan fingerprint density at radius 1 is 0.539 bits per heavy atom. The second-order valence-corrected chi connectivity index (χ2v) is 19.4. The summed E-state index contributed by atoms with van der Waals surface area (Å²) in [4.78, 5) is 26.5. The third-order valence-electron chi connectivity index (χ3n) is 12.6. The minimum atomic E-state index is -1.65. The highest BCUT2D eigenvalue weighted by Gasteiger charge is 2.47. The summed E-state index contributed by atoms with van der Waals surface area (Å²) in [7, 11) is 0. The second-order valence-electron chi connectivity index (χ2n) is 19.4. The van der Waals surface area contributed by atoms with Crippen LogP contribution in [0, 0.1) is 0 Å². The smallest absolute Gasteiger partial charge is 0.306 e. The van der Waals surface area contributed by atoms with Crippen molar-refractivity contribution < 1.29 is 49.3 Å². The van der Waals surface area contributed by atoms with Gasteiger partial charge in [0, 0.05) is 6.42 Å². The number of allylic oxidation sites excluding steroid dienone is 23. The van der Waals surface area contributed by atoms with Gasteiger partial charge >= 0.3 is 5.97 Å². The van der Waals surface area contributed by atoms with Crippen molar-refractivity contribution in [3.05, 3.63) is 146 Å². The zero-order valence-corrected chi connectivity index (χ0v) is 47.1. The van der Waals surface area contributed by atoms with Gasteiger partial charge in [-0.2, -0.15) is 0 Å². The monoisotopic (exact) mass is 1060 g/mol. The minimum absolute atomic E-state index is 0.0585. The van der Waals surface area contributed by atoms with E-state index >= 15 is 0 Å². The number of unbranched alkanes of at least 4 members (excludes halogenated alkanes) is 15. The van der Waals surface area contributed by atoms with Gasteiger partial charge in [-0.15, -0.1) is 0 Å². The fourth-order valence-electron chi connectivity index (χ4n) is 8.06. The van der Waals surface area contributed by atoms with Gasteiger partial charge in [0.2, 0.25) is 5.91 Å². The SMILES string of the molecule is CC\C=C/C=C/C=C/C=C\C=C\C=C\CCCCCC(=O)OC1C(OCC(NC(=O)C(O)CCCC/C=C\C/C=C\C/C=C\C/C=C\C/C=C\CC)C(O)/C=C/CCCCCCCCCCCC)OC(CO)C(O)C1O. The van der Waals surface area contributed by atoms with E-state index in [1.165, 1.54) is 44.9 Å². The third kappa shape index (κ3) is 39.0. The standard InChI is InChI=1S/C65H103NO10/c1-4-7-10-13-16-19-22-25-27-29-31-32-34-37-40-43-46-49-52-58(69)64(73)66-56(57(68)51-48-45-42-39-36-24-21-18-15-12-9-6-3)55-74-65-63(62(72)61(71)59(54-67)75-65)76-60(70)53-50-47-44-41-38-35-33-30-28-26-23-20-17-14-11-8-5-2/h7-8,10-11,14,16-17,19-20,23,25-28,30-33,35,37-38,40,48,51,56-59,61-63,65,67-69,71-72H,4-6,9,12-13,15,18,21-22,24,29,34,36,39,41-47,49-50,52-55H2,1-3H3,(H,66,73)/b10-7-,11-8-,17-14+,19-16-,23-20+,27-25-,28-26-,32-31-,33-30+,38-35+,40-37-,51-48+. The maximum absolute atomic E-state index is 13.4. The normalized spacial score (nSPS) is 20.2. The molecule has 0 aliphatic carbocycles. The van der Waals surface area contributed by atoms with Crippen molar-refractivity contribution in [3.63, 3.8) is 0 Å². The van der Waals surface area contributed by atoms with Gasteiger partial charge in [-0.3, -0.25) is 9.59 Å². The van der Waals surface area contributed by atoms with Crippen LogP contribution in [0.25, 0.3) is 0 Å². The summed E-state index contributed by atoms with van der Waals surface area (Å²) in [6.45, 7) is 5.45. The second kappa shape index (κ2) is 51.3. The van der Waals surface area contributed by atoms with E-state index < -0.39 is 67.4 Å². The van der Waals surface area contributed by atoms with Crippen LogP contribution in [0.4, 0.5) is 0 Å². The maximum atomic E-state index is 13.4. The molecule has 6 N–H and O–H groups in total. The Morgan fingerprint density at radius 3 is 1.58 bits per heavy atom. The first-order valence-electron chi connectivity index (χ1n) is 29.2. The molecule has 0 aromatic rings. The van der Waals surface area contributed by atoms with E-state index in [-0.39, 0.29) is 19.4 Å². The molecule has 1 heterocycles. The van der Waals surface area contributed by atoms with Gasteiger partial charge in [0.1, 0.15) is 24.4 Å². The minimum Gasteiger partial charge on any atom is -0.454 e. The average Bonchev–Trinajstić information content (AvgIpc) is 3.42. The van der Waals surface area contributed by atoms with Crippen LogP contribution in [-0.4, -0.2) is 99.6 Å². The fourth-order valence-corrected chi connectivity index (χ4v) is 8.06. The number of carbonyl (C=O) groups is 2. The summed E-state index contributed by atoms with van der Waals surface area (Å²) >= 11 is 0. The zero-order chi connectivity index (χ0) is 55.4. The molecule has 428 valence electrons. The van der Waals surface area contributed by atoms with Crippen LogP contribution < -0.4 is 5.32 Å². The number of rotatable bonds is 46. The molecule has 1 saturated heterocycles. The number of amides is 1. The predicted molar refractivity (Wildman–Crippen MR) is 314 cm³/mol. The lowest BCUT2D eigenvalue weighted by atomic mass is 9.99. The molecule has 8 unspecified atom stereocenters. The lowest BCUT2D eigenvalue weighted by Crippen LogP contribution is -2.61. The molecular weight excluding hydrogens is 955 g/mol. The Morgan fingerprint density at radius 2 is 1.01 bits per heavy atom. The Labute approximate surface area is 460 Å². The van der Waals surface area contributed by atoms with Crippen LogP contribution in [0.1, 0.15) is 188 Å². The van der Waals surface area contributed by atoms with Crippen molar-refractivity contribution in [2.75, 3.05) is 13.2 Å². The zero-order valence-electron chi connectivity index (χ0n) is 47.1. The molecule has 0 bridgehead atoms. The quantitative estimate of drug-likeness (QED) is 0.0149. The number of aliphatic hydroxyl groups excluding tert-OH is 5. The lowest BCUT2D eigenvalue weighted by molar-refractivity contribution is -0.305. The molecule has 0 saturated carbocycles. The Balaban J connectivity index is 2.80. The van der Waals surface area contributed by atoms with E-state index in [9.17, 15) is 35.1 Å². The van der Waals surface area contributed by atoms with Crippen molar-refractivity contribution >= 4 is 11.9 Å². The van der Waals surface area contributed by atoms with E-state index in [0.29, 0.717) is 12.8 Å². The number of aliphatic hydroxyl groups is 5. The summed E-state index contributed by atoms with van der Waals surface area (Å²) in [5, 5.41) is 56.8. The first-order chi connectivity index (χ1) is 37.2. The van der Waals surface area contributed by atoms with E-state index in [2.05, 4.69) is 99.0 Å². The van der Waals surface area contributed by atoms with E-state index in [1.54, 1.807) is 6.08 Å². The Kier molecular flexibility index (Phi) is 47.0. The molecule has 1 rings (SSSR count). The molecular formula is C65H103NO10. The maximum Gasteiger partial charge on any atom is 0.306 e. The third-order valence-corrected chi connectivity index (χ3v) is 12.6. The Hall–Kier alpha value is -4.46. The molecule has 76 heavy (non-hydrogen) atoms. The van der Waals surface area contributed by atoms with Gasteiger partial charge in [-0.05, 0) is 89.9 Å². The average molecular weight is 1060 g/mol. The molecule has 0 radical (unpaired) electrons. The number of hydrogen-bond acceptors (Lipinski definition) is 10. The van der Waals surface area contributed by atoms with Crippen LogP contribution >= 0.6 is 0 Å². The van der Waals surface area contributed by atoms with Gasteiger partial charge in [-0.25, -0.2) is 0 Å². The molecule has 0 aromatic carbocycles. The van der Waals surface area contributed by atoms with Gasteiger partial charge in [0.05, 0.1) is 25.4 Å². The van der Waals surface area contributed by atoms with Crippen LogP contribution in [0.2, 0.25) is 0 Å². The predicted octanol–water partition coefficient (Wildman–Crippen LogP) is 13.4. The summed E-state index contributed by atoms with van der Waals surface area (Å²) in [5.74, 6) is -1.29. The van der Waals surface area contributed by atoms with Crippen molar-refractivity contribution in [3.8, 4) is 0 Å². The summed E-state index contributed by atoms with van der Waals surface area (Å²) < 4.78 is 17.5. The lowest BCUT2D eigenvalue weighted by Gasteiger charge is -2.41. The topological polar surface area (TPSA) is 175 Å². The highest BCUT2D eigenvalue weighted by molar-refractivity contribution is 5.80. The van der Waals surface area contributed by atoms with E-state index in [1.807, 2.05) is 66.8 Å². The largest absolute Gasteiger partial charge is 0.454 e. The molecule has 0 aromatic heterocycles. The summed E-state index contributed by atoms with van der Waals surface area (Å²) in [6, 6.07) is -1.06. The fraction of sp³-hybridized carbons (Fsp3) is 0.600. The summed E-state index contributed by atoms with van der Waals surface area (Å²) in [6.07, 6.45) is 63.1. The van der Waals surface area contributed by atoms with Gasteiger partial charge in [0.25, 0.3) is 0 Å². The molecule has 1 aliphatic heterocycles. The molecule has 1 amide bonds. The number of carbonyl (C=O) groups excluding carboxylic acids is 2. The van der Waals surface area contributed by atoms with E-state index in [4.69, 9.17) is 14.2 Å². The van der Waals surface area contributed by atoms with Crippen molar-refractivity contribution in [1.82, 2.24) is 5.32 Å². The number of esters is 1. The molecule has 11 heteroatoms. The molecule has 1 fully saturated rings. The van der Waals surface area contributed by atoms with Crippen molar-refractivity contribution in [2.45, 2.75) is 237 Å². The highest BCUT2D eigenvalue weighted by Crippen LogP contribution is 2.26. The van der Waals surface area contributed by atoms with Gasteiger partial charge in [0.15, 0.2) is 12.4 Å². The van der Waals surface area contributed by atoms with Crippen LogP contribution in [0.3, 0.4) is 0 Å². The highest BCUT2D eigenvalue weighted by atomic mass is 16.7. The number of hydrogen-bond donors (Lipinski definition) is 6. The van der Waals surface area contributed by atoms with Crippen molar-refractivity contribution in [1.29, 1.82) is 0 Å². The van der Waals surface area contributed by atoms with Crippen LogP contribution in [-0.2, 0) is 23.8 Å².